The molecule has 1 saturated heterocycles. The van der Waals surface area contributed by atoms with Crippen LogP contribution < -0.4 is 0 Å². The second-order valence-corrected chi connectivity index (χ2v) is 7.83. The molecular weight excluding hydrogens is 306 g/mol. The Morgan fingerprint density at radius 1 is 1.36 bits per heavy atom. The van der Waals surface area contributed by atoms with Crippen molar-refractivity contribution in [3.05, 3.63) is 8.96 Å². The van der Waals surface area contributed by atoms with Gasteiger partial charge in [-0.3, -0.25) is 0 Å². The lowest BCUT2D eigenvalue weighted by atomic mass is 9.80. The van der Waals surface area contributed by atoms with Crippen molar-refractivity contribution in [3.63, 3.8) is 0 Å². The molecule has 82 valence electrons. The molecule has 0 radical (unpaired) electrons. The zero-order chi connectivity index (χ0) is 10.9. The first kappa shape index (κ1) is 12.7. The number of hydrogen-bond donors (Lipinski definition) is 0. The molecule has 0 spiro atoms. The Morgan fingerprint density at radius 2 is 1.93 bits per heavy atom. The third kappa shape index (κ3) is 3.07. The molecule has 1 heterocycles. The zero-order valence-electron chi connectivity index (χ0n) is 9.40. The molecule has 1 aliphatic rings. The van der Waals surface area contributed by atoms with Gasteiger partial charge in [-0.1, -0.05) is 20.8 Å². The third-order valence-electron chi connectivity index (χ3n) is 3.01. The fourth-order valence-electron chi connectivity index (χ4n) is 2.10. The molecule has 1 nitrogen and oxygen atoms in total. The lowest BCUT2D eigenvalue weighted by Crippen LogP contribution is -2.45. The van der Waals surface area contributed by atoms with Gasteiger partial charge in [0.05, 0.1) is 3.39 Å². The van der Waals surface area contributed by atoms with Crippen LogP contribution in [-0.4, -0.2) is 24.5 Å². The number of piperidine rings is 1. The van der Waals surface area contributed by atoms with E-state index in [4.69, 9.17) is 0 Å². The van der Waals surface area contributed by atoms with Crippen LogP contribution in [0.4, 0.5) is 0 Å². The van der Waals surface area contributed by atoms with Gasteiger partial charge in [-0.05, 0) is 62.7 Å². The highest BCUT2D eigenvalue weighted by Crippen LogP contribution is 2.36. The molecule has 0 amide bonds. The Hall–Kier alpha value is 0.660. The minimum atomic E-state index is 0.357. The molecule has 0 bridgehead atoms. The highest BCUT2D eigenvalue weighted by atomic mass is 79.9. The number of halogens is 2. The van der Waals surface area contributed by atoms with Gasteiger partial charge < -0.3 is 4.90 Å². The fraction of sp³-hybridized carbons (Fsp3) is 0.818. The van der Waals surface area contributed by atoms with Gasteiger partial charge in [-0.25, -0.2) is 0 Å². The van der Waals surface area contributed by atoms with Crippen LogP contribution in [0.2, 0.25) is 0 Å². The average molecular weight is 325 g/mol. The quantitative estimate of drug-likeness (QED) is 0.647. The monoisotopic (exact) mass is 323 g/mol. The van der Waals surface area contributed by atoms with Crippen molar-refractivity contribution in [2.45, 2.75) is 39.7 Å². The van der Waals surface area contributed by atoms with E-state index in [2.05, 4.69) is 64.6 Å². The summed E-state index contributed by atoms with van der Waals surface area (Å²) in [7, 11) is 2.23. The molecule has 0 N–H and O–H groups in total. The van der Waals surface area contributed by atoms with Gasteiger partial charge in [-0.2, -0.15) is 0 Å². The van der Waals surface area contributed by atoms with E-state index in [1.807, 2.05) is 0 Å². The lowest BCUT2D eigenvalue weighted by molar-refractivity contribution is 0.109. The summed E-state index contributed by atoms with van der Waals surface area (Å²) in [5.41, 5.74) is 1.87. The molecule has 1 aliphatic heterocycles. The van der Waals surface area contributed by atoms with E-state index in [0.29, 0.717) is 11.5 Å². The van der Waals surface area contributed by atoms with Crippen molar-refractivity contribution in [1.82, 2.24) is 4.90 Å². The summed E-state index contributed by atoms with van der Waals surface area (Å²) in [5.74, 6) is 0. The zero-order valence-corrected chi connectivity index (χ0v) is 12.6. The van der Waals surface area contributed by atoms with Gasteiger partial charge >= 0.3 is 0 Å². The van der Waals surface area contributed by atoms with Gasteiger partial charge in [0.2, 0.25) is 0 Å². The summed E-state index contributed by atoms with van der Waals surface area (Å²) in [4.78, 5) is 2.48. The van der Waals surface area contributed by atoms with Crippen LogP contribution in [0.25, 0.3) is 0 Å². The Morgan fingerprint density at radius 3 is 2.36 bits per heavy atom. The Bertz CT molecular complexity index is 236. The Labute approximate surface area is 104 Å². The van der Waals surface area contributed by atoms with E-state index in [1.165, 1.54) is 18.4 Å². The lowest BCUT2D eigenvalue weighted by Gasteiger charge is -2.42. The van der Waals surface area contributed by atoms with Crippen molar-refractivity contribution in [1.29, 1.82) is 0 Å². The maximum absolute atomic E-state index is 3.53. The van der Waals surface area contributed by atoms with Crippen LogP contribution in [0, 0.1) is 5.41 Å². The largest absolute Gasteiger partial charge is 0.302 e. The van der Waals surface area contributed by atoms with Gasteiger partial charge in [0.1, 0.15) is 0 Å². The second kappa shape index (κ2) is 4.67. The molecular formula is C11H19Br2N. The molecule has 0 aromatic heterocycles. The SMILES string of the molecule is CN1CCC(=C(Br)Br)CC1C(C)(C)C. The molecule has 0 aromatic rings. The van der Waals surface area contributed by atoms with E-state index >= 15 is 0 Å². The van der Waals surface area contributed by atoms with Crippen LogP contribution in [0.1, 0.15) is 33.6 Å². The van der Waals surface area contributed by atoms with E-state index < -0.39 is 0 Å². The molecule has 1 atom stereocenters. The van der Waals surface area contributed by atoms with Gasteiger partial charge in [0, 0.05) is 12.6 Å². The minimum Gasteiger partial charge on any atom is -0.302 e. The topological polar surface area (TPSA) is 3.24 Å². The standard InChI is InChI=1S/C11H19Br2N/c1-11(2,3)9-7-8(10(12)13)5-6-14(9)4/h9H,5-7H2,1-4H3. The molecule has 14 heavy (non-hydrogen) atoms. The Balaban J connectivity index is 2.80. The van der Waals surface area contributed by atoms with E-state index in [0.717, 1.165) is 9.94 Å². The van der Waals surface area contributed by atoms with Crippen LogP contribution in [-0.2, 0) is 0 Å². The van der Waals surface area contributed by atoms with Crippen LogP contribution >= 0.6 is 31.9 Å². The van der Waals surface area contributed by atoms with Crippen molar-refractivity contribution in [2.24, 2.45) is 5.41 Å². The maximum atomic E-state index is 3.53. The molecule has 0 aliphatic carbocycles. The van der Waals surface area contributed by atoms with Crippen LogP contribution in [0.15, 0.2) is 8.96 Å². The summed E-state index contributed by atoms with van der Waals surface area (Å²) < 4.78 is 1.16. The summed E-state index contributed by atoms with van der Waals surface area (Å²) in [6.45, 7) is 8.12. The molecule has 1 rings (SSSR count). The molecule has 3 heteroatoms. The normalized spacial score (nSPS) is 25.3. The number of nitrogens with zero attached hydrogens (tertiary/aromatic N) is 1. The minimum absolute atomic E-state index is 0.357. The molecule has 1 fully saturated rings. The third-order valence-corrected chi connectivity index (χ3v) is 4.13. The summed E-state index contributed by atoms with van der Waals surface area (Å²) >= 11 is 7.06. The summed E-state index contributed by atoms with van der Waals surface area (Å²) in [6.07, 6.45) is 2.35. The van der Waals surface area contributed by atoms with E-state index in [1.54, 1.807) is 0 Å². The number of hydrogen-bond acceptors (Lipinski definition) is 1. The first-order valence-corrected chi connectivity index (χ1v) is 6.64. The highest BCUT2D eigenvalue weighted by molar-refractivity contribution is 9.28. The summed E-state index contributed by atoms with van der Waals surface area (Å²) in [6, 6.07) is 0.649. The maximum Gasteiger partial charge on any atom is 0.0597 e. The number of rotatable bonds is 0. The van der Waals surface area contributed by atoms with Crippen molar-refractivity contribution in [3.8, 4) is 0 Å². The predicted octanol–water partition coefficient (Wildman–Crippen LogP) is 4.13. The molecule has 1 unspecified atom stereocenters. The first-order valence-electron chi connectivity index (χ1n) is 5.05. The van der Waals surface area contributed by atoms with Gasteiger partial charge in [0.15, 0.2) is 0 Å². The fourth-order valence-corrected chi connectivity index (χ4v) is 2.82. The number of likely N-dealkylation sites (tertiary alicyclic amines) is 1. The van der Waals surface area contributed by atoms with Gasteiger partial charge in [-0.15, -0.1) is 0 Å². The van der Waals surface area contributed by atoms with Crippen molar-refractivity contribution >= 4 is 31.9 Å². The Kier molecular flexibility index (Phi) is 4.24. The van der Waals surface area contributed by atoms with Gasteiger partial charge in [0.25, 0.3) is 0 Å². The van der Waals surface area contributed by atoms with E-state index in [-0.39, 0.29) is 0 Å². The summed E-state index contributed by atoms with van der Waals surface area (Å²) in [5, 5.41) is 0. The second-order valence-electron chi connectivity index (χ2n) is 5.18. The van der Waals surface area contributed by atoms with E-state index in [9.17, 15) is 0 Å². The predicted molar refractivity (Wildman–Crippen MR) is 70.0 cm³/mol. The molecule has 0 saturated carbocycles. The molecule has 0 aromatic carbocycles. The van der Waals surface area contributed by atoms with Crippen LogP contribution in [0.5, 0.6) is 0 Å². The van der Waals surface area contributed by atoms with Crippen molar-refractivity contribution in [2.75, 3.05) is 13.6 Å². The van der Waals surface area contributed by atoms with Crippen LogP contribution in [0.3, 0.4) is 0 Å². The smallest absolute Gasteiger partial charge is 0.0597 e. The average Bonchev–Trinajstić information content (AvgIpc) is 2.02. The van der Waals surface area contributed by atoms with Crippen molar-refractivity contribution < 1.29 is 0 Å². The highest BCUT2D eigenvalue weighted by Gasteiger charge is 2.32. The first-order chi connectivity index (χ1) is 6.32.